The van der Waals surface area contributed by atoms with Gasteiger partial charge in [0.05, 0.1) is 12.5 Å². The van der Waals surface area contributed by atoms with Crippen LogP contribution >= 0.6 is 0 Å². The summed E-state index contributed by atoms with van der Waals surface area (Å²) in [7, 11) is 0. The van der Waals surface area contributed by atoms with Crippen LogP contribution in [0.3, 0.4) is 0 Å². The summed E-state index contributed by atoms with van der Waals surface area (Å²) in [6, 6.07) is 0. The zero-order valence-electron chi connectivity index (χ0n) is 6.36. The van der Waals surface area contributed by atoms with Crippen LogP contribution in [-0.2, 0) is 6.54 Å². The highest BCUT2D eigenvalue weighted by Crippen LogP contribution is 1.96. The van der Waals surface area contributed by atoms with Gasteiger partial charge >= 0.3 is 0 Å². The minimum atomic E-state index is 0.310. The fourth-order valence-electron chi connectivity index (χ4n) is 0.852. The average Bonchev–Trinajstić information content (AvgIpc) is 2.50. The average molecular weight is 153 g/mol. The van der Waals surface area contributed by atoms with Crippen LogP contribution in [0.5, 0.6) is 0 Å². The van der Waals surface area contributed by atoms with Crippen LogP contribution in [0.1, 0.15) is 12.6 Å². The fourth-order valence-corrected chi connectivity index (χ4v) is 0.852. The van der Waals surface area contributed by atoms with E-state index < -0.39 is 0 Å². The molecule has 0 saturated carbocycles. The van der Waals surface area contributed by atoms with Crippen LogP contribution in [0.15, 0.2) is 17.6 Å². The molecule has 0 aliphatic heterocycles. The molecule has 60 valence electrons. The maximum atomic E-state index is 5.48. The first kappa shape index (κ1) is 7.59. The quantitative estimate of drug-likeness (QED) is 0.259. The van der Waals surface area contributed by atoms with Crippen molar-refractivity contribution in [3.05, 3.63) is 18.2 Å². The lowest BCUT2D eigenvalue weighted by Gasteiger charge is -2.01. The molecule has 11 heavy (non-hydrogen) atoms. The number of nitrogens with zero attached hydrogens (tertiary/aromatic N) is 3. The summed E-state index contributed by atoms with van der Waals surface area (Å²) in [6.07, 6.45) is 3.32. The Kier molecular flexibility index (Phi) is 2.10. The zero-order valence-corrected chi connectivity index (χ0v) is 6.36. The van der Waals surface area contributed by atoms with E-state index in [1.807, 2.05) is 11.5 Å². The molecule has 0 aromatic carbocycles. The Morgan fingerprint density at radius 2 is 2.55 bits per heavy atom. The van der Waals surface area contributed by atoms with E-state index in [2.05, 4.69) is 10.1 Å². The third-order valence-corrected chi connectivity index (χ3v) is 1.45. The summed E-state index contributed by atoms with van der Waals surface area (Å²) in [5.74, 6) is 5.32. The van der Waals surface area contributed by atoms with Gasteiger partial charge in [-0.3, -0.25) is 0 Å². The minimum absolute atomic E-state index is 0.310. The summed E-state index contributed by atoms with van der Waals surface area (Å²) in [5.41, 5.74) is 6.24. The number of aryl methyl sites for hydroxylation is 1. The Bertz CT molecular complexity index is 262. The van der Waals surface area contributed by atoms with Crippen LogP contribution in [0.2, 0.25) is 0 Å². The normalized spacial score (nSPS) is 11.9. The first-order chi connectivity index (χ1) is 5.29. The van der Waals surface area contributed by atoms with Crippen molar-refractivity contribution in [1.29, 1.82) is 0 Å². The third-order valence-electron chi connectivity index (χ3n) is 1.45. The lowest BCUT2D eigenvalue weighted by molar-refractivity contribution is 0.753. The SMILES string of the molecule is CCn1cncc1C(N)=NN. The molecule has 0 radical (unpaired) electrons. The standard InChI is InChI=1S/C6H11N5/c1-2-11-4-9-3-5(11)6(7)10-8/h3-4H,2,8H2,1H3,(H2,7,10). The van der Waals surface area contributed by atoms with Crippen molar-refractivity contribution in [1.82, 2.24) is 9.55 Å². The molecule has 0 bridgehead atoms. The van der Waals surface area contributed by atoms with Gasteiger partial charge in [-0.15, -0.1) is 0 Å². The number of hydrogen-bond acceptors (Lipinski definition) is 3. The molecule has 1 aromatic rings. The van der Waals surface area contributed by atoms with Crippen molar-refractivity contribution >= 4 is 5.84 Å². The van der Waals surface area contributed by atoms with E-state index in [1.54, 1.807) is 12.5 Å². The number of hydrazone groups is 1. The lowest BCUT2D eigenvalue weighted by Crippen LogP contribution is -2.19. The van der Waals surface area contributed by atoms with E-state index in [-0.39, 0.29) is 0 Å². The van der Waals surface area contributed by atoms with Crippen molar-refractivity contribution in [2.75, 3.05) is 0 Å². The molecule has 0 amide bonds. The molecule has 0 unspecified atom stereocenters. The Morgan fingerprint density at radius 3 is 3.09 bits per heavy atom. The van der Waals surface area contributed by atoms with Gasteiger partial charge in [0.25, 0.3) is 0 Å². The van der Waals surface area contributed by atoms with E-state index in [9.17, 15) is 0 Å². The number of aromatic nitrogens is 2. The largest absolute Gasteiger partial charge is 0.381 e. The Labute approximate surface area is 64.7 Å². The van der Waals surface area contributed by atoms with Gasteiger partial charge in [-0.05, 0) is 6.92 Å². The van der Waals surface area contributed by atoms with Gasteiger partial charge in [0.15, 0.2) is 5.84 Å². The molecule has 4 N–H and O–H groups in total. The van der Waals surface area contributed by atoms with Gasteiger partial charge in [-0.1, -0.05) is 0 Å². The Hall–Kier alpha value is -1.52. The molecule has 0 atom stereocenters. The predicted molar refractivity (Wildman–Crippen MR) is 42.8 cm³/mol. The second kappa shape index (κ2) is 3.05. The third kappa shape index (κ3) is 1.31. The number of imidazole rings is 1. The van der Waals surface area contributed by atoms with Gasteiger partial charge < -0.3 is 16.1 Å². The van der Waals surface area contributed by atoms with Crippen molar-refractivity contribution in [3.8, 4) is 0 Å². The molecule has 5 heteroatoms. The molecule has 1 heterocycles. The topological polar surface area (TPSA) is 82.2 Å². The number of rotatable bonds is 2. The summed E-state index contributed by atoms with van der Waals surface area (Å²) in [6.45, 7) is 2.81. The second-order valence-electron chi connectivity index (χ2n) is 2.08. The van der Waals surface area contributed by atoms with E-state index in [1.165, 1.54) is 0 Å². The molecule has 0 fully saturated rings. The Morgan fingerprint density at radius 1 is 1.82 bits per heavy atom. The first-order valence-electron chi connectivity index (χ1n) is 3.33. The van der Waals surface area contributed by atoms with Crippen molar-refractivity contribution < 1.29 is 0 Å². The zero-order chi connectivity index (χ0) is 8.27. The van der Waals surface area contributed by atoms with Gasteiger partial charge in [0, 0.05) is 6.54 Å². The van der Waals surface area contributed by atoms with Gasteiger partial charge in [0.2, 0.25) is 0 Å². The summed E-state index contributed by atoms with van der Waals surface area (Å²) >= 11 is 0. The van der Waals surface area contributed by atoms with Crippen LogP contribution in [0.25, 0.3) is 0 Å². The first-order valence-corrected chi connectivity index (χ1v) is 3.33. The van der Waals surface area contributed by atoms with E-state index in [0.717, 1.165) is 12.2 Å². The van der Waals surface area contributed by atoms with Gasteiger partial charge in [-0.25, -0.2) is 4.98 Å². The smallest absolute Gasteiger partial charge is 0.168 e. The molecule has 1 aromatic heterocycles. The molecule has 1 rings (SSSR count). The number of nitrogens with two attached hydrogens (primary N) is 2. The molecule has 0 spiro atoms. The molecule has 0 saturated heterocycles. The summed E-state index contributed by atoms with van der Waals surface area (Å²) in [4.78, 5) is 3.91. The predicted octanol–water partition coefficient (Wildman–Crippen LogP) is -0.518. The van der Waals surface area contributed by atoms with Crippen molar-refractivity contribution in [2.45, 2.75) is 13.5 Å². The highest BCUT2D eigenvalue weighted by atomic mass is 15.2. The highest BCUT2D eigenvalue weighted by molar-refractivity contribution is 5.95. The summed E-state index contributed by atoms with van der Waals surface area (Å²) < 4.78 is 1.87. The molecular formula is C6H11N5. The maximum absolute atomic E-state index is 5.48. The van der Waals surface area contributed by atoms with E-state index in [0.29, 0.717) is 5.84 Å². The van der Waals surface area contributed by atoms with Crippen LogP contribution in [0, 0.1) is 0 Å². The van der Waals surface area contributed by atoms with Gasteiger partial charge in [0.1, 0.15) is 5.69 Å². The lowest BCUT2D eigenvalue weighted by atomic mass is 10.4. The highest BCUT2D eigenvalue weighted by Gasteiger charge is 2.02. The van der Waals surface area contributed by atoms with Gasteiger partial charge in [-0.2, -0.15) is 5.10 Å². The van der Waals surface area contributed by atoms with Crippen LogP contribution in [-0.4, -0.2) is 15.4 Å². The number of amidine groups is 1. The fraction of sp³-hybridized carbons (Fsp3) is 0.333. The molecule has 0 aliphatic carbocycles. The van der Waals surface area contributed by atoms with Crippen molar-refractivity contribution in [3.63, 3.8) is 0 Å². The van der Waals surface area contributed by atoms with E-state index >= 15 is 0 Å². The van der Waals surface area contributed by atoms with Crippen molar-refractivity contribution in [2.24, 2.45) is 16.7 Å². The minimum Gasteiger partial charge on any atom is -0.381 e. The second-order valence-corrected chi connectivity index (χ2v) is 2.08. The monoisotopic (exact) mass is 153 g/mol. The molecule has 0 aliphatic rings. The maximum Gasteiger partial charge on any atom is 0.168 e. The number of hydrogen-bond donors (Lipinski definition) is 2. The van der Waals surface area contributed by atoms with E-state index in [4.69, 9.17) is 11.6 Å². The molecular weight excluding hydrogens is 142 g/mol. The molecule has 5 nitrogen and oxygen atoms in total. The summed E-state index contributed by atoms with van der Waals surface area (Å²) in [5, 5.41) is 3.37. The van der Waals surface area contributed by atoms with Crippen LogP contribution in [0.4, 0.5) is 0 Å². The Balaban J connectivity index is 3.02. The van der Waals surface area contributed by atoms with Crippen LogP contribution < -0.4 is 11.6 Å².